The van der Waals surface area contributed by atoms with Gasteiger partial charge in [0.05, 0.1) is 37.3 Å². The number of carbonyl (C=O) groups excluding carboxylic acids is 2. The number of methoxy groups -OCH3 is 1. The zero-order chi connectivity index (χ0) is 37.8. The highest BCUT2D eigenvalue weighted by molar-refractivity contribution is 7.91. The second kappa shape index (κ2) is 19.4. The Hall–Kier alpha value is -4.27. The van der Waals surface area contributed by atoms with Crippen LogP contribution in [0.3, 0.4) is 0 Å². The number of aliphatic hydroxyl groups excluding tert-OH is 1. The molecule has 0 radical (unpaired) electrons. The van der Waals surface area contributed by atoms with Gasteiger partial charge >= 0.3 is 0 Å². The molecule has 6 rings (SSSR count). The molecule has 1 aromatic carbocycles. The summed E-state index contributed by atoms with van der Waals surface area (Å²) < 4.78 is 17.9. The first-order valence-corrected chi connectivity index (χ1v) is 20.8. The number of aryl methyl sites for hydroxylation is 1. The molecule has 0 unspecified atom stereocenters. The van der Waals surface area contributed by atoms with Crippen molar-refractivity contribution >= 4 is 40.3 Å². The van der Waals surface area contributed by atoms with Crippen molar-refractivity contribution in [3.8, 4) is 5.75 Å². The molecule has 1 atom stereocenters. The normalized spacial score (nSPS) is 17.9. The standard InChI is InChI=1S/C40H54N8O5S/c1-53-32-12-10-29(11-13-32)34(50)14-15-35(51)42-22-8-6-4-2-3-5-7-21-41-31-26-43-37(44-27-31)30-16-23-48(24-17-30)39-45-33-18-25-54(52)36(33)38(46-39)47-40(28-49)19-9-20-40/h10-15,26-27,30,41,49H,2-9,16-25,28H2,1H3,(H,42,51)(H,45,46,47)/b15-14+/t54-/m1/s1. The number of rotatable bonds is 20. The Labute approximate surface area is 321 Å². The van der Waals surface area contributed by atoms with Crippen LogP contribution in [-0.4, -0.2) is 92.5 Å². The number of carbonyl (C=O) groups is 2. The summed E-state index contributed by atoms with van der Waals surface area (Å²) in [5, 5.41) is 19.8. The van der Waals surface area contributed by atoms with Gasteiger partial charge in [-0.1, -0.05) is 32.1 Å². The summed E-state index contributed by atoms with van der Waals surface area (Å²) in [5.41, 5.74) is 1.95. The van der Waals surface area contributed by atoms with E-state index in [1.54, 1.807) is 31.4 Å². The fraction of sp³-hybridized carbons (Fsp3) is 0.550. The van der Waals surface area contributed by atoms with Crippen LogP contribution in [0.2, 0.25) is 0 Å². The fourth-order valence-electron chi connectivity index (χ4n) is 7.21. The second-order valence-corrected chi connectivity index (χ2v) is 16.1. The van der Waals surface area contributed by atoms with Crippen LogP contribution in [0.1, 0.15) is 105 Å². The molecule has 3 aliphatic rings. The van der Waals surface area contributed by atoms with Crippen molar-refractivity contribution in [3.05, 3.63) is 65.9 Å². The molecule has 2 aliphatic heterocycles. The average Bonchev–Trinajstić information content (AvgIpc) is 3.58. The van der Waals surface area contributed by atoms with Crippen LogP contribution in [-0.2, 0) is 22.4 Å². The van der Waals surface area contributed by atoms with E-state index in [0.717, 1.165) is 106 Å². The second-order valence-electron chi connectivity index (χ2n) is 14.6. The molecule has 1 saturated carbocycles. The first-order chi connectivity index (χ1) is 26.4. The predicted molar refractivity (Wildman–Crippen MR) is 211 cm³/mol. The number of piperidine rings is 1. The smallest absolute Gasteiger partial charge is 0.244 e. The number of anilines is 3. The lowest BCUT2D eigenvalue weighted by atomic mass is 9.77. The summed E-state index contributed by atoms with van der Waals surface area (Å²) >= 11 is -1.11. The molecule has 3 aromatic rings. The number of fused-ring (bicyclic) bond motifs is 1. The molecule has 1 amide bonds. The Bertz CT molecular complexity index is 1710. The zero-order valence-corrected chi connectivity index (χ0v) is 32.2. The first-order valence-electron chi connectivity index (χ1n) is 19.5. The summed E-state index contributed by atoms with van der Waals surface area (Å²) in [7, 11) is 1.57. The lowest BCUT2D eigenvalue weighted by Gasteiger charge is -2.41. The van der Waals surface area contributed by atoms with Crippen LogP contribution < -0.4 is 25.6 Å². The minimum atomic E-state index is -1.11. The number of hydrogen-bond donors (Lipinski definition) is 4. The van der Waals surface area contributed by atoms with Crippen molar-refractivity contribution < 1.29 is 24.0 Å². The number of hydrogen-bond acceptors (Lipinski definition) is 12. The van der Waals surface area contributed by atoms with Crippen molar-refractivity contribution in [3.63, 3.8) is 0 Å². The number of unbranched alkanes of at least 4 members (excludes halogenated alkanes) is 6. The number of nitrogens with zero attached hydrogens (tertiary/aromatic N) is 5. The van der Waals surface area contributed by atoms with E-state index in [1.165, 1.54) is 25.0 Å². The largest absolute Gasteiger partial charge is 0.611 e. The Morgan fingerprint density at radius 3 is 2.31 bits per heavy atom. The van der Waals surface area contributed by atoms with E-state index in [1.807, 2.05) is 12.4 Å². The first kappa shape index (κ1) is 39.4. The zero-order valence-electron chi connectivity index (χ0n) is 31.4. The molecule has 4 heterocycles. The molecule has 290 valence electrons. The number of aliphatic hydroxyl groups is 1. The number of benzene rings is 1. The van der Waals surface area contributed by atoms with E-state index in [-0.39, 0.29) is 29.8 Å². The van der Waals surface area contributed by atoms with E-state index in [9.17, 15) is 19.2 Å². The molecule has 14 heteroatoms. The minimum absolute atomic E-state index is 0.0414. The summed E-state index contributed by atoms with van der Waals surface area (Å²) in [4.78, 5) is 46.3. The van der Waals surface area contributed by atoms with Crippen LogP contribution in [0, 0.1) is 0 Å². The van der Waals surface area contributed by atoms with Gasteiger partial charge in [-0.05, 0) is 86.5 Å². The monoisotopic (exact) mass is 758 g/mol. The lowest BCUT2D eigenvalue weighted by molar-refractivity contribution is -0.116. The van der Waals surface area contributed by atoms with Crippen LogP contribution >= 0.6 is 0 Å². The number of ketones is 1. The highest BCUT2D eigenvalue weighted by atomic mass is 32.2. The van der Waals surface area contributed by atoms with E-state index < -0.39 is 11.2 Å². The summed E-state index contributed by atoms with van der Waals surface area (Å²) in [6, 6.07) is 6.80. The number of ether oxygens (including phenoxy) is 1. The third-order valence-corrected chi connectivity index (χ3v) is 12.2. The van der Waals surface area contributed by atoms with Gasteiger partial charge in [0.25, 0.3) is 0 Å². The molecular weight excluding hydrogens is 705 g/mol. The number of nitrogens with one attached hydrogen (secondary N) is 3. The van der Waals surface area contributed by atoms with Gasteiger partial charge in [0, 0.05) is 50.2 Å². The molecule has 2 fully saturated rings. The van der Waals surface area contributed by atoms with Gasteiger partial charge < -0.3 is 35.2 Å². The Kier molecular flexibility index (Phi) is 14.1. The maximum atomic E-state index is 12.8. The van der Waals surface area contributed by atoms with E-state index in [2.05, 4.69) is 20.9 Å². The van der Waals surface area contributed by atoms with Crippen LogP contribution in [0.4, 0.5) is 17.5 Å². The topological polar surface area (TPSA) is 178 Å². The SMILES string of the molecule is COc1ccc(C(=O)/C=C/C(=O)NCCCCCCCCCNc2cnc(C3CCN(c4nc5c(c(NC6(CO)CCC6)n4)[S@+]([O-])CC5)CC3)nc2)cc1. The van der Waals surface area contributed by atoms with Crippen LogP contribution in [0.15, 0.2) is 53.7 Å². The quantitative estimate of drug-likeness (QED) is 0.0504. The Morgan fingerprint density at radius 2 is 1.67 bits per heavy atom. The van der Waals surface area contributed by atoms with Gasteiger partial charge in [-0.3, -0.25) is 9.59 Å². The Morgan fingerprint density at radius 1 is 0.981 bits per heavy atom. The van der Waals surface area contributed by atoms with E-state index >= 15 is 0 Å². The molecule has 54 heavy (non-hydrogen) atoms. The van der Waals surface area contributed by atoms with Gasteiger partial charge in [0.15, 0.2) is 11.6 Å². The van der Waals surface area contributed by atoms with Gasteiger partial charge in [0.1, 0.15) is 23.0 Å². The number of allylic oxidation sites excluding steroid dienone is 1. The molecule has 0 spiro atoms. The average molecular weight is 759 g/mol. The van der Waals surface area contributed by atoms with Gasteiger partial charge in [-0.25, -0.2) is 15.0 Å². The fourth-order valence-corrected chi connectivity index (χ4v) is 8.51. The maximum Gasteiger partial charge on any atom is 0.244 e. The van der Waals surface area contributed by atoms with Gasteiger partial charge in [-0.15, -0.1) is 0 Å². The molecule has 13 nitrogen and oxygen atoms in total. The predicted octanol–water partition coefficient (Wildman–Crippen LogP) is 5.35. The van der Waals surface area contributed by atoms with Crippen LogP contribution in [0.5, 0.6) is 5.75 Å². The van der Waals surface area contributed by atoms with Crippen molar-refractivity contribution in [2.45, 2.75) is 99.8 Å². The molecule has 1 aliphatic carbocycles. The molecule has 2 aromatic heterocycles. The van der Waals surface area contributed by atoms with E-state index in [0.29, 0.717) is 41.8 Å². The Balaban J connectivity index is 0.817. The van der Waals surface area contributed by atoms with Crippen LogP contribution in [0.25, 0.3) is 0 Å². The van der Waals surface area contributed by atoms with E-state index in [4.69, 9.17) is 24.7 Å². The lowest BCUT2D eigenvalue weighted by Crippen LogP contribution is -2.49. The van der Waals surface area contributed by atoms with Gasteiger partial charge in [-0.2, -0.15) is 4.98 Å². The summed E-state index contributed by atoms with van der Waals surface area (Å²) in [5.74, 6) is 3.24. The minimum Gasteiger partial charge on any atom is -0.611 e. The highest BCUT2D eigenvalue weighted by Gasteiger charge is 2.41. The number of aromatic nitrogens is 4. The summed E-state index contributed by atoms with van der Waals surface area (Å²) in [6.07, 6.45) is 19.4. The van der Waals surface area contributed by atoms with Crippen molar-refractivity contribution in [1.82, 2.24) is 25.3 Å². The highest BCUT2D eigenvalue weighted by Crippen LogP contribution is 2.39. The van der Waals surface area contributed by atoms with Gasteiger partial charge in [0.2, 0.25) is 16.8 Å². The number of amides is 1. The molecule has 4 N–H and O–H groups in total. The van der Waals surface area contributed by atoms with Crippen molar-refractivity contribution in [2.75, 3.05) is 61.2 Å². The third-order valence-electron chi connectivity index (χ3n) is 10.7. The molecular formula is C40H54N8O5S. The van der Waals surface area contributed by atoms with Crippen molar-refractivity contribution in [1.29, 1.82) is 0 Å². The maximum absolute atomic E-state index is 12.8. The molecule has 1 saturated heterocycles. The summed E-state index contributed by atoms with van der Waals surface area (Å²) in [6.45, 7) is 3.12. The van der Waals surface area contributed by atoms with Crippen molar-refractivity contribution in [2.24, 2.45) is 0 Å². The third kappa shape index (κ3) is 10.5. The molecule has 0 bridgehead atoms.